The topological polar surface area (TPSA) is 41.5 Å². The monoisotopic (exact) mass is 277 g/mol. The molecule has 1 saturated carbocycles. The van der Waals surface area contributed by atoms with Gasteiger partial charge < -0.3 is 15.2 Å². The molecule has 1 fully saturated rings. The molecule has 1 aromatic carbocycles. The highest BCUT2D eigenvalue weighted by atomic mass is 16.5. The summed E-state index contributed by atoms with van der Waals surface area (Å²) in [6.07, 6.45) is 4.49. The molecule has 1 aromatic rings. The van der Waals surface area contributed by atoms with Crippen LogP contribution in [0.5, 0.6) is 5.75 Å². The van der Waals surface area contributed by atoms with Gasteiger partial charge >= 0.3 is 0 Å². The first-order chi connectivity index (χ1) is 9.55. The molecular weight excluding hydrogens is 250 g/mol. The summed E-state index contributed by atoms with van der Waals surface area (Å²) in [7, 11) is 0. The van der Waals surface area contributed by atoms with Crippen LogP contribution in [0.15, 0.2) is 30.3 Å². The van der Waals surface area contributed by atoms with Gasteiger partial charge in [0, 0.05) is 12.6 Å². The molecule has 0 aliphatic heterocycles. The number of nitrogens with one attached hydrogen (secondary N) is 1. The normalized spacial score (nSPS) is 20.6. The standard InChI is InChI=1S/C17H27NO2/c1-17(2)10-8-14(9-11-17)18-12-15(19)13-20-16-6-4-3-5-7-16/h3-7,14-15,18-19H,8-13H2,1-2H3. The maximum absolute atomic E-state index is 9.96. The second-order valence-electron chi connectivity index (χ2n) is 6.62. The van der Waals surface area contributed by atoms with E-state index >= 15 is 0 Å². The van der Waals surface area contributed by atoms with Gasteiger partial charge in [-0.25, -0.2) is 0 Å². The molecule has 1 atom stereocenters. The number of para-hydroxylation sites is 1. The number of ether oxygens (including phenoxy) is 1. The van der Waals surface area contributed by atoms with Crippen LogP contribution in [-0.4, -0.2) is 30.4 Å². The first-order valence-corrected chi connectivity index (χ1v) is 7.64. The molecule has 0 radical (unpaired) electrons. The fraction of sp³-hybridized carbons (Fsp3) is 0.647. The summed E-state index contributed by atoms with van der Waals surface area (Å²) in [6.45, 7) is 5.63. The Morgan fingerprint density at radius 1 is 1.25 bits per heavy atom. The minimum Gasteiger partial charge on any atom is -0.491 e. The molecule has 0 heterocycles. The summed E-state index contributed by atoms with van der Waals surface area (Å²) in [4.78, 5) is 0. The van der Waals surface area contributed by atoms with Crippen LogP contribution in [0.2, 0.25) is 0 Å². The van der Waals surface area contributed by atoms with Crippen molar-refractivity contribution >= 4 is 0 Å². The van der Waals surface area contributed by atoms with Crippen LogP contribution >= 0.6 is 0 Å². The Bertz CT molecular complexity index is 381. The van der Waals surface area contributed by atoms with Gasteiger partial charge in [0.2, 0.25) is 0 Å². The van der Waals surface area contributed by atoms with Crippen molar-refractivity contribution in [3.05, 3.63) is 30.3 Å². The van der Waals surface area contributed by atoms with Crippen molar-refractivity contribution in [2.75, 3.05) is 13.2 Å². The van der Waals surface area contributed by atoms with Crippen molar-refractivity contribution in [3.63, 3.8) is 0 Å². The average Bonchev–Trinajstić information content (AvgIpc) is 2.45. The minimum absolute atomic E-state index is 0.342. The Hall–Kier alpha value is -1.06. The molecule has 1 aliphatic rings. The van der Waals surface area contributed by atoms with Crippen LogP contribution < -0.4 is 10.1 Å². The van der Waals surface area contributed by atoms with Crippen LogP contribution in [-0.2, 0) is 0 Å². The zero-order valence-electron chi connectivity index (χ0n) is 12.6. The largest absolute Gasteiger partial charge is 0.491 e. The summed E-state index contributed by atoms with van der Waals surface area (Å²) >= 11 is 0. The maximum atomic E-state index is 9.96. The second kappa shape index (κ2) is 7.09. The zero-order chi connectivity index (χ0) is 14.4. The number of benzene rings is 1. The molecule has 3 heteroatoms. The van der Waals surface area contributed by atoms with Crippen LogP contribution in [0.25, 0.3) is 0 Å². The highest BCUT2D eigenvalue weighted by Crippen LogP contribution is 2.34. The van der Waals surface area contributed by atoms with Crippen LogP contribution in [0.4, 0.5) is 0 Å². The van der Waals surface area contributed by atoms with Gasteiger partial charge in [0.05, 0.1) is 0 Å². The van der Waals surface area contributed by atoms with E-state index in [1.807, 2.05) is 30.3 Å². The predicted octanol–water partition coefficient (Wildman–Crippen LogP) is 2.98. The van der Waals surface area contributed by atoms with E-state index in [0.717, 1.165) is 5.75 Å². The second-order valence-corrected chi connectivity index (χ2v) is 6.62. The van der Waals surface area contributed by atoms with Gasteiger partial charge in [-0.2, -0.15) is 0 Å². The Kier molecular flexibility index (Phi) is 5.44. The molecule has 3 nitrogen and oxygen atoms in total. The third kappa shape index (κ3) is 5.14. The van der Waals surface area contributed by atoms with E-state index in [2.05, 4.69) is 19.2 Å². The first kappa shape index (κ1) is 15.3. The Balaban J connectivity index is 1.62. The molecule has 1 aliphatic carbocycles. The van der Waals surface area contributed by atoms with Gasteiger partial charge in [-0.05, 0) is 43.2 Å². The van der Waals surface area contributed by atoms with E-state index in [9.17, 15) is 5.11 Å². The number of hydrogen-bond donors (Lipinski definition) is 2. The molecule has 0 bridgehead atoms. The van der Waals surface area contributed by atoms with Gasteiger partial charge in [-0.1, -0.05) is 32.0 Å². The number of hydrogen-bond acceptors (Lipinski definition) is 3. The van der Waals surface area contributed by atoms with Crippen molar-refractivity contribution < 1.29 is 9.84 Å². The summed E-state index contributed by atoms with van der Waals surface area (Å²) < 4.78 is 5.55. The summed E-state index contributed by atoms with van der Waals surface area (Å²) in [5, 5.41) is 13.4. The fourth-order valence-corrected chi connectivity index (χ4v) is 2.67. The van der Waals surface area contributed by atoms with Crippen LogP contribution in [0, 0.1) is 5.41 Å². The summed E-state index contributed by atoms with van der Waals surface area (Å²) in [5.74, 6) is 0.811. The van der Waals surface area contributed by atoms with Crippen molar-refractivity contribution in [3.8, 4) is 5.75 Å². The van der Waals surface area contributed by atoms with Gasteiger partial charge in [-0.3, -0.25) is 0 Å². The lowest BCUT2D eigenvalue weighted by atomic mass is 9.75. The SMILES string of the molecule is CC1(C)CCC(NCC(O)COc2ccccc2)CC1. The van der Waals surface area contributed by atoms with Crippen LogP contribution in [0.3, 0.4) is 0 Å². The molecule has 0 aromatic heterocycles. The highest BCUT2D eigenvalue weighted by molar-refractivity contribution is 5.20. The maximum Gasteiger partial charge on any atom is 0.119 e. The molecule has 0 spiro atoms. The first-order valence-electron chi connectivity index (χ1n) is 7.64. The molecule has 0 amide bonds. The number of rotatable bonds is 6. The third-order valence-corrected chi connectivity index (χ3v) is 4.17. The Labute approximate surface area is 122 Å². The van der Waals surface area contributed by atoms with Crippen molar-refractivity contribution in [1.29, 1.82) is 0 Å². The van der Waals surface area contributed by atoms with E-state index in [0.29, 0.717) is 24.6 Å². The summed E-state index contributed by atoms with van der Waals surface area (Å²) in [6, 6.07) is 10.2. The van der Waals surface area contributed by atoms with E-state index in [1.54, 1.807) is 0 Å². The molecule has 20 heavy (non-hydrogen) atoms. The van der Waals surface area contributed by atoms with Crippen molar-refractivity contribution in [1.82, 2.24) is 5.32 Å². The smallest absolute Gasteiger partial charge is 0.119 e. The molecule has 0 saturated heterocycles. The number of aliphatic hydroxyl groups is 1. The lowest BCUT2D eigenvalue weighted by Gasteiger charge is -2.35. The van der Waals surface area contributed by atoms with E-state index in [4.69, 9.17) is 4.74 Å². The Morgan fingerprint density at radius 2 is 1.90 bits per heavy atom. The molecular formula is C17H27NO2. The van der Waals surface area contributed by atoms with Gasteiger partial charge in [0.25, 0.3) is 0 Å². The van der Waals surface area contributed by atoms with E-state index in [1.165, 1.54) is 25.7 Å². The molecule has 1 unspecified atom stereocenters. The molecule has 112 valence electrons. The predicted molar refractivity (Wildman–Crippen MR) is 82.0 cm³/mol. The van der Waals surface area contributed by atoms with Gasteiger partial charge in [0.1, 0.15) is 18.5 Å². The highest BCUT2D eigenvalue weighted by Gasteiger charge is 2.26. The zero-order valence-corrected chi connectivity index (χ0v) is 12.6. The summed E-state index contributed by atoms with van der Waals surface area (Å²) in [5.41, 5.74) is 0.493. The molecule has 2 rings (SSSR count). The van der Waals surface area contributed by atoms with E-state index < -0.39 is 6.10 Å². The van der Waals surface area contributed by atoms with E-state index in [-0.39, 0.29) is 0 Å². The van der Waals surface area contributed by atoms with Crippen molar-refractivity contribution in [2.24, 2.45) is 5.41 Å². The Morgan fingerprint density at radius 3 is 2.55 bits per heavy atom. The number of aliphatic hydroxyl groups excluding tert-OH is 1. The quantitative estimate of drug-likeness (QED) is 0.840. The third-order valence-electron chi connectivity index (χ3n) is 4.17. The lowest BCUT2D eigenvalue weighted by Crippen LogP contribution is -2.41. The van der Waals surface area contributed by atoms with Gasteiger partial charge in [-0.15, -0.1) is 0 Å². The average molecular weight is 277 g/mol. The lowest BCUT2D eigenvalue weighted by molar-refractivity contribution is 0.0982. The molecule has 2 N–H and O–H groups in total. The van der Waals surface area contributed by atoms with Gasteiger partial charge in [0.15, 0.2) is 0 Å². The fourth-order valence-electron chi connectivity index (χ4n) is 2.67. The van der Waals surface area contributed by atoms with Crippen LogP contribution in [0.1, 0.15) is 39.5 Å². The minimum atomic E-state index is -0.454. The van der Waals surface area contributed by atoms with Crippen molar-refractivity contribution in [2.45, 2.75) is 51.7 Å².